The van der Waals surface area contributed by atoms with E-state index < -0.39 is 5.82 Å². The fourth-order valence-electron chi connectivity index (χ4n) is 1.79. The number of hydrogen-bond acceptors (Lipinski definition) is 3. The van der Waals surface area contributed by atoms with Gasteiger partial charge in [-0.1, -0.05) is 29.0 Å². The summed E-state index contributed by atoms with van der Waals surface area (Å²) in [6, 6.07) is 10.7. The molecule has 2 aromatic carbocycles. The van der Waals surface area contributed by atoms with Gasteiger partial charge in [0.2, 0.25) is 0 Å². The van der Waals surface area contributed by atoms with Crippen LogP contribution in [0.25, 0.3) is 10.2 Å². The number of nitrogens with one attached hydrogen (secondary N) is 1. The smallest absolute Gasteiger partial charge is 0.188 e. The number of halogens is 2. The van der Waals surface area contributed by atoms with Crippen LogP contribution in [-0.2, 0) is 0 Å². The summed E-state index contributed by atoms with van der Waals surface area (Å²) < 4.78 is 14.2. The molecule has 1 aromatic heterocycles. The summed E-state index contributed by atoms with van der Waals surface area (Å²) in [7, 11) is 0. The van der Waals surface area contributed by atoms with Crippen molar-refractivity contribution in [3.63, 3.8) is 0 Å². The Bertz CT molecular complexity index is 754. The van der Waals surface area contributed by atoms with Crippen LogP contribution in [0.15, 0.2) is 36.4 Å². The van der Waals surface area contributed by atoms with Crippen molar-refractivity contribution < 1.29 is 4.39 Å². The molecule has 96 valence electrons. The summed E-state index contributed by atoms with van der Waals surface area (Å²) in [5, 5.41) is 4.00. The predicted molar refractivity (Wildman–Crippen MR) is 79.0 cm³/mol. The summed E-state index contributed by atoms with van der Waals surface area (Å²) in [6.07, 6.45) is 0. The van der Waals surface area contributed by atoms with E-state index in [1.807, 2.05) is 19.1 Å². The van der Waals surface area contributed by atoms with Crippen LogP contribution in [0.2, 0.25) is 5.02 Å². The Morgan fingerprint density at radius 3 is 2.84 bits per heavy atom. The first-order valence-corrected chi connectivity index (χ1v) is 6.90. The maximum atomic E-state index is 13.1. The Hall–Kier alpha value is -1.65. The van der Waals surface area contributed by atoms with Crippen LogP contribution in [0, 0.1) is 12.7 Å². The van der Waals surface area contributed by atoms with E-state index in [4.69, 9.17) is 11.6 Å². The number of rotatable bonds is 2. The summed E-state index contributed by atoms with van der Waals surface area (Å²) >= 11 is 7.30. The van der Waals surface area contributed by atoms with Crippen molar-refractivity contribution >= 4 is 44.0 Å². The van der Waals surface area contributed by atoms with E-state index >= 15 is 0 Å². The topological polar surface area (TPSA) is 24.9 Å². The Morgan fingerprint density at radius 1 is 1.21 bits per heavy atom. The van der Waals surface area contributed by atoms with Gasteiger partial charge in [-0.3, -0.25) is 0 Å². The SMILES string of the molecule is Cc1ccc2sc(Nc3ccc(F)c(Cl)c3)nc2c1. The molecule has 2 nitrogen and oxygen atoms in total. The van der Waals surface area contributed by atoms with Gasteiger partial charge in [0.1, 0.15) is 5.82 Å². The van der Waals surface area contributed by atoms with Crippen LogP contribution in [0.4, 0.5) is 15.2 Å². The van der Waals surface area contributed by atoms with Crippen LogP contribution < -0.4 is 5.32 Å². The summed E-state index contributed by atoms with van der Waals surface area (Å²) in [6.45, 7) is 2.03. The number of anilines is 2. The lowest BCUT2D eigenvalue weighted by Crippen LogP contribution is -1.89. The standard InChI is InChI=1S/C14H10ClFN2S/c1-8-2-5-13-12(6-8)18-14(19-13)17-9-3-4-11(16)10(15)7-9/h2-7H,1H3,(H,17,18). The zero-order chi connectivity index (χ0) is 13.4. The second kappa shape index (κ2) is 4.79. The molecule has 0 atom stereocenters. The molecule has 1 N–H and O–H groups in total. The molecule has 0 aliphatic rings. The molecule has 0 radical (unpaired) electrons. The number of hydrogen-bond donors (Lipinski definition) is 1. The van der Waals surface area contributed by atoms with Crippen molar-refractivity contribution in [2.75, 3.05) is 5.32 Å². The molecular formula is C14H10ClFN2S. The van der Waals surface area contributed by atoms with E-state index in [0.29, 0.717) is 0 Å². The summed E-state index contributed by atoms with van der Waals surface area (Å²) in [5.74, 6) is -0.424. The van der Waals surface area contributed by atoms with Crippen molar-refractivity contribution in [1.82, 2.24) is 4.98 Å². The highest BCUT2D eigenvalue weighted by Gasteiger charge is 2.06. The second-order valence-corrected chi connectivity index (χ2v) is 5.68. The number of aryl methyl sites for hydroxylation is 1. The molecule has 0 aliphatic heterocycles. The fraction of sp³-hybridized carbons (Fsp3) is 0.0714. The van der Waals surface area contributed by atoms with Gasteiger partial charge in [-0.15, -0.1) is 0 Å². The van der Waals surface area contributed by atoms with Gasteiger partial charge >= 0.3 is 0 Å². The van der Waals surface area contributed by atoms with Gasteiger partial charge in [0.05, 0.1) is 15.2 Å². The zero-order valence-electron chi connectivity index (χ0n) is 10.1. The molecule has 0 bridgehead atoms. The molecule has 0 unspecified atom stereocenters. The third kappa shape index (κ3) is 2.55. The molecule has 3 rings (SSSR count). The second-order valence-electron chi connectivity index (χ2n) is 4.24. The molecule has 0 fully saturated rings. The summed E-state index contributed by atoms with van der Waals surface area (Å²) in [4.78, 5) is 4.49. The number of aromatic nitrogens is 1. The van der Waals surface area contributed by atoms with E-state index in [9.17, 15) is 4.39 Å². The highest BCUT2D eigenvalue weighted by atomic mass is 35.5. The van der Waals surface area contributed by atoms with Gasteiger partial charge in [-0.05, 0) is 42.8 Å². The molecule has 19 heavy (non-hydrogen) atoms. The van der Waals surface area contributed by atoms with E-state index in [-0.39, 0.29) is 5.02 Å². The monoisotopic (exact) mass is 292 g/mol. The Kier molecular flexibility index (Phi) is 3.12. The lowest BCUT2D eigenvalue weighted by Gasteiger charge is -2.02. The minimum absolute atomic E-state index is 0.0990. The lowest BCUT2D eigenvalue weighted by atomic mass is 10.2. The van der Waals surface area contributed by atoms with E-state index in [1.54, 1.807) is 23.5 Å². The first kappa shape index (κ1) is 12.4. The maximum absolute atomic E-state index is 13.1. The van der Waals surface area contributed by atoms with Crippen LogP contribution in [0.3, 0.4) is 0 Å². The molecule has 0 amide bonds. The third-order valence-electron chi connectivity index (χ3n) is 2.71. The lowest BCUT2D eigenvalue weighted by molar-refractivity contribution is 0.628. The first-order chi connectivity index (χ1) is 9.11. The van der Waals surface area contributed by atoms with Crippen molar-refractivity contribution in [2.45, 2.75) is 6.92 Å². The average molecular weight is 293 g/mol. The Labute approximate surface area is 118 Å². The molecule has 3 aromatic rings. The Balaban J connectivity index is 1.94. The fourth-order valence-corrected chi connectivity index (χ4v) is 2.84. The number of benzene rings is 2. The van der Waals surface area contributed by atoms with E-state index in [1.165, 1.54) is 11.6 Å². The highest BCUT2D eigenvalue weighted by molar-refractivity contribution is 7.22. The summed E-state index contributed by atoms with van der Waals surface area (Å²) in [5.41, 5.74) is 2.86. The van der Waals surface area contributed by atoms with Gasteiger partial charge in [-0.25, -0.2) is 9.37 Å². The molecule has 0 saturated heterocycles. The van der Waals surface area contributed by atoms with Gasteiger partial charge < -0.3 is 5.32 Å². The maximum Gasteiger partial charge on any atom is 0.188 e. The Morgan fingerprint density at radius 2 is 2.05 bits per heavy atom. The molecule has 0 aliphatic carbocycles. The van der Waals surface area contributed by atoms with Gasteiger partial charge in [0.25, 0.3) is 0 Å². The largest absolute Gasteiger partial charge is 0.331 e. The van der Waals surface area contributed by atoms with E-state index in [0.717, 1.165) is 21.0 Å². The van der Waals surface area contributed by atoms with Gasteiger partial charge in [0, 0.05) is 5.69 Å². The van der Waals surface area contributed by atoms with E-state index in [2.05, 4.69) is 16.4 Å². The van der Waals surface area contributed by atoms with Crippen LogP contribution in [-0.4, -0.2) is 4.98 Å². The minimum Gasteiger partial charge on any atom is -0.331 e. The predicted octanol–water partition coefficient (Wildman–Crippen LogP) is 5.14. The molecule has 0 spiro atoms. The number of fused-ring (bicyclic) bond motifs is 1. The molecule has 0 saturated carbocycles. The number of thiazole rings is 1. The molecular weight excluding hydrogens is 283 g/mol. The average Bonchev–Trinajstić information content (AvgIpc) is 2.75. The van der Waals surface area contributed by atoms with Crippen molar-refractivity contribution in [3.05, 3.63) is 52.8 Å². The highest BCUT2D eigenvalue weighted by Crippen LogP contribution is 2.30. The number of nitrogens with zero attached hydrogens (tertiary/aromatic N) is 1. The van der Waals surface area contributed by atoms with Crippen molar-refractivity contribution in [1.29, 1.82) is 0 Å². The zero-order valence-corrected chi connectivity index (χ0v) is 11.6. The van der Waals surface area contributed by atoms with Gasteiger partial charge in [0.15, 0.2) is 5.13 Å². The molecule has 5 heteroatoms. The van der Waals surface area contributed by atoms with Crippen molar-refractivity contribution in [3.8, 4) is 0 Å². The molecule has 1 heterocycles. The quantitative estimate of drug-likeness (QED) is 0.707. The minimum atomic E-state index is -0.424. The first-order valence-electron chi connectivity index (χ1n) is 5.71. The van der Waals surface area contributed by atoms with Crippen LogP contribution in [0.5, 0.6) is 0 Å². The van der Waals surface area contributed by atoms with Crippen molar-refractivity contribution in [2.24, 2.45) is 0 Å². The third-order valence-corrected chi connectivity index (χ3v) is 3.96. The van der Waals surface area contributed by atoms with Gasteiger partial charge in [-0.2, -0.15) is 0 Å². The van der Waals surface area contributed by atoms with Crippen LogP contribution >= 0.6 is 22.9 Å². The van der Waals surface area contributed by atoms with Crippen LogP contribution in [0.1, 0.15) is 5.56 Å². The normalized spacial score (nSPS) is 10.9.